The molecule has 0 spiro atoms. The van der Waals surface area contributed by atoms with Crippen molar-refractivity contribution in [1.82, 2.24) is 15.1 Å². The lowest BCUT2D eigenvalue weighted by Gasteiger charge is -2.41. The number of benzene rings is 1. The molecule has 2 amide bonds. The van der Waals surface area contributed by atoms with E-state index in [1.54, 1.807) is 18.4 Å². The predicted octanol–water partition coefficient (Wildman–Crippen LogP) is 3.91. The van der Waals surface area contributed by atoms with Crippen molar-refractivity contribution in [2.24, 2.45) is 5.92 Å². The normalized spacial score (nSPS) is 23.4. The molecule has 2 aliphatic rings. The molecule has 33 heavy (non-hydrogen) atoms. The number of fused-ring (bicyclic) bond motifs is 1. The molecule has 1 N–H and O–H groups in total. The first-order valence-corrected chi connectivity index (χ1v) is 12.9. The molecule has 3 heterocycles. The molecule has 0 bridgehead atoms. The van der Waals surface area contributed by atoms with E-state index in [-0.39, 0.29) is 17.9 Å². The van der Waals surface area contributed by atoms with Crippen LogP contribution in [0.25, 0.3) is 0 Å². The molecular weight excluding hydrogens is 434 g/mol. The van der Waals surface area contributed by atoms with Gasteiger partial charge in [-0.25, -0.2) is 0 Å². The smallest absolute Gasteiger partial charge is 0.254 e. The van der Waals surface area contributed by atoms with E-state index in [0.29, 0.717) is 25.3 Å². The summed E-state index contributed by atoms with van der Waals surface area (Å²) in [5, 5.41) is 5.20. The zero-order chi connectivity index (χ0) is 23.2. The summed E-state index contributed by atoms with van der Waals surface area (Å²) in [6.45, 7) is 7.16. The summed E-state index contributed by atoms with van der Waals surface area (Å²) in [4.78, 5) is 32.4. The lowest BCUT2D eigenvalue weighted by Crippen LogP contribution is -2.48. The van der Waals surface area contributed by atoms with Crippen LogP contribution in [0.2, 0.25) is 0 Å². The van der Waals surface area contributed by atoms with Crippen LogP contribution < -0.4 is 5.32 Å². The molecule has 4 rings (SSSR count). The van der Waals surface area contributed by atoms with Gasteiger partial charge in [-0.3, -0.25) is 9.59 Å². The van der Waals surface area contributed by atoms with Gasteiger partial charge in [0.2, 0.25) is 5.91 Å². The van der Waals surface area contributed by atoms with Gasteiger partial charge < -0.3 is 19.9 Å². The highest BCUT2D eigenvalue weighted by Crippen LogP contribution is 2.44. The summed E-state index contributed by atoms with van der Waals surface area (Å²) >= 11 is 1.59. The second kappa shape index (κ2) is 11.3. The van der Waals surface area contributed by atoms with Gasteiger partial charge in [-0.15, -0.1) is 11.3 Å². The molecule has 7 heteroatoms. The summed E-state index contributed by atoms with van der Waals surface area (Å²) in [7, 11) is 1.63. The van der Waals surface area contributed by atoms with Gasteiger partial charge in [0.05, 0.1) is 18.6 Å². The Balaban J connectivity index is 1.52. The van der Waals surface area contributed by atoms with E-state index in [1.165, 1.54) is 12.8 Å². The number of ether oxygens (including phenoxy) is 1. The molecule has 1 fully saturated rings. The third kappa shape index (κ3) is 5.48. The molecule has 2 aromatic rings. The number of nitrogens with zero attached hydrogens (tertiary/aromatic N) is 2. The highest BCUT2D eigenvalue weighted by Gasteiger charge is 2.44. The van der Waals surface area contributed by atoms with Crippen molar-refractivity contribution < 1.29 is 14.3 Å². The summed E-state index contributed by atoms with van der Waals surface area (Å²) in [6, 6.07) is 11.2. The van der Waals surface area contributed by atoms with Gasteiger partial charge in [0.15, 0.2) is 0 Å². The van der Waals surface area contributed by atoms with Crippen LogP contribution in [-0.2, 0) is 9.53 Å². The molecule has 3 unspecified atom stereocenters. The number of rotatable bonds is 9. The van der Waals surface area contributed by atoms with Gasteiger partial charge >= 0.3 is 0 Å². The Bertz CT molecular complexity index is 933. The van der Waals surface area contributed by atoms with Crippen LogP contribution in [0.4, 0.5) is 0 Å². The average molecular weight is 470 g/mol. The van der Waals surface area contributed by atoms with Gasteiger partial charge in [0, 0.05) is 37.2 Å². The highest BCUT2D eigenvalue weighted by molar-refractivity contribution is 7.10. The number of hydrogen-bond donors (Lipinski definition) is 1. The Morgan fingerprint density at radius 1 is 1.21 bits per heavy atom. The summed E-state index contributed by atoms with van der Waals surface area (Å²) in [5.41, 5.74) is 1.43. The SMILES string of the molecule is COCCN1C(=O)c2ccccc2C(C(=O)NCCCN2CCCC(C)C2)C1c1cccs1. The third-order valence-electron chi connectivity index (χ3n) is 6.78. The molecule has 6 nitrogen and oxygen atoms in total. The van der Waals surface area contributed by atoms with E-state index in [0.717, 1.165) is 42.4 Å². The van der Waals surface area contributed by atoms with Gasteiger partial charge in [0.25, 0.3) is 5.91 Å². The molecule has 1 saturated heterocycles. The lowest BCUT2D eigenvalue weighted by molar-refractivity contribution is -0.124. The molecule has 0 aliphatic carbocycles. The Morgan fingerprint density at radius 2 is 2.06 bits per heavy atom. The van der Waals surface area contributed by atoms with Crippen LogP contribution in [0.15, 0.2) is 41.8 Å². The first kappa shape index (κ1) is 23.9. The minimum Gasteiger partial charge on any atom is -0.383 e. The standard InChI is InChI=1S/C26H35N3O3S/c1-19-8-5-13-28(18-19)14-7-12-27-25(30)23-20-9-3-4-10-21(20)26(31)29(15-16-32-2)24(23)22-11-6-17-33-22/h3-4,6,9-11,17,19,23-24H,5,7-8,12-16,18H2,1-2H3,(H,27,30). The number of carbonyl (C=O) groups is 2. The molecule has 2 aliphatic heterocycles. The molecule has 1 aromatic carbocycles. The van der Waals surface area contributed by atoms with Gasteiger partial charge in [-0.2, -0.15) is 0 Å². The van der Waals surface area contributed by atoms with Crippen molar-refractivity contribution in [3.63, 3.8) is 0 Å². The number of carbonyl (C=O) groups excluding carboxylic acids is 2. The van der Waals surface area contributed by atoms with Gasteiger partial charge in [0.1, 0.15) is 0 Å². The number of methoxy groups -OCH3 is 1. The number of nitrogens with one attached hydrogen (secondary N) is 1. The number of hydrogen-bond acceptors (Lipinski definition) is 5. The topological polar surface area (TPSA) is 61.9 Å². The van der Waals surface area contributed by atoms with Crippen molar-refractivity contribution in [3.8, 4) is 0 Å². The van der Waals surface area contributed by atoms with Crippen molar-refractivity contribution >= 4 is 23.2 Å². The second-order valence-corrected chi connectivity index (χ2v) is 10.2. The van der Waals surface area contributed by atoms with Gasteiger partial charge in [-0.05, 0) is 61.3 Å². The Morgan fingerprint density at radius 3 is 2.82 bits per heavy atom. The third-order valence-corrected chi connectivity index (χ3v) is 7.73. The molecule has 0 radical (unpaired) electrons. The van der Waals surface area contributed by atoms with Crippen molar-refractivity contribution in [3.05, 3.63) is 57.8 Å². The van der Waals surface area contributed by atoms with Crippen LogP contribution in [0, 0.1) is 5.92 Å². The first-order chi connectivity index (χ1) is 16.1. The van der Waals surface area contributed by atoms with Crippen molar-refractivity contribution in [2.75, 3.05) is 46.4 Å². The fourth-order valence-electron chi connectivity index (χ4n) is 5.20. The van der Waals surface area contributed by atoms with E-state index in [2.05, 4.69) is 17.1 Å². The summed E-state index contributed by atoms with van der Waals surface area (Å²) in [5.74, 6) is 0.269. The summed E-state index contributed by atoms with van der Waals surface area (Å²) in [6.07, 6.45) is 3.51. The first-order valence-electron chi connectivity index (χ1n) is 12.0. The van der Waals surface area contributed by atoms with Crippen LogP contribution in [0.3, 0.4) is 0 Å². The van der Waals surface area contributed by atoms with Crippen LogP contribution in [0.1, 0.15) is 58.9 Å². The predicted molar refractivity (Wildman–Crippen MR) is 132 cm³/mol. The second-order valence-electron chi connectivity index (χ2n) is 9.21. The van der Waals surface area contributed by atoms with Crippen molar-refractivity contribution in [2.45, 2.75) is 38.1 Å². The molecule has 3 atom stereocenters. The summed E-state index contributed by atoms with van der Waals surface area (Å²) < 4.78 is 5.29. The fourth-order valence-corrected chi connectivity index (χ4v) is 6.07. The molecule has 0 saturated carbocycles. The zero-order valence-corrected chi connectivity index (χ0v) is 20.5. The molecule has 178 valence electrons. The minimum atomic E-state index is -0.440. The average Bonchev–Trinajstić information content (AvgIpc) is 3.35. The Labute approximate surface area is 200 Å². The Kier molecular flexibility index (Phi) is 8.17. The van der Waals surface area contributed by atoms with Crippen LogP contribution in [-0.4, -0.2) is 68.1 Å². The monoisotopic (exact) mass is 469 g/mol. The maximum absolute atomic E-state index is 13.6. The Hall–Kier alpha value is -2.22. The maximum Gasteiger partial charge on any atom is 0.254 e. The van der Waals surface area contributed by atoms with E-state index in [1.807, 2.05) is 46.7 Å². The largest absolute Gasteiger partial charge is 0.383 e. The number of amides is 2. The minimum absolute atomic E-state index is 0.0113. The number of thiophene rings is 1. The van der Waals surface area contributed by atoms with Crippen LogP contribution in [0.5, 0.6) is 0 Å². The van der Waals surface area contributed by atoms with Crippen LogP contribution >= 0.6 is 11.3 Å². The number of likely N-dealkylation sites (tertiary alicyclic amines) is 1. The van der Waals surface area contributed by atoms with E-state index < -0.39 is 5.92 Å². The fraction of sp³-hybridized carbons (Fsp3) is 0.538. The maximum atomic E-state index is 13.6. The molecular formula is C26H35N3O3S. The quantitative estimate of drug-likeness (QED) is 0.566. The number of piperidine rings is 1. The van der Waals surface area contributed by atoms with Gasteiger partial charge in [-0.1, -0.05) is 31.2 Å². The van der Waals surface area contributed by atoms with E-state index in [9.17, 15) is 9.59 Å². The van der Waals surface area contributed by atoms with E-state index in [4.69, 9.17) is 4.74 Å². The zero-order valence-electron chi connectivity index (χ0n) is 19.7. The van der Waals surface area contributed by atoms with Crippen molar-refractivity contribution in [1.29, 1.82) is 0 Å². The van der Waals surface area contributed by atoms with E-state index >= 15 is 0 Å². The highest BCUT2D eigenvalue weighted by atomic mass is 32.1. The molecule has 1 aromatic heterocycles. The lowest BCUT2D eigenvalue weighted by atomic mass is 9.81.